The standard InChI is InChI=1S/C12H15N5/c1-8(2)10-4-6-17(16-10)11-7-15-5-3-9(11)12(13)14/h3-8H,1-2H3,(H3,13,14). The van der Waals surface area contributed by atoms with Gasteiger partial charge in [0.25, 0.3) is 0 Å². The van der Waals surface area contributed by atoms with Gasteiger partial charge in [-0.1, -0.05) is 13.8 Å². The van der Waals surface area contributed by atoms with Crippen molar-refractivity contribution in [2.24, 2.45) is 5.73 Å². The lowest BCUT2D eigenvalue weighted by atomic mass is 10.1. The first kappa shape index (κ1) is 11.3. The average molecular weight is 229 g/mol. The van der Waals surface area contributed by atoms with Crippen molar-refractivity contribution in [3.63, 3.8) is 0 Å². The Kier molecular flexibility index (Phi) is 2.91. The van der Waals surface area contributed by atoms with E-state index in [0.29, 0.717) is 11.5 Å². The van der Waals surface area contributed by atoms with E-state index in [1.807, 2.05) is 12.3 Å². The first-order valence-corrected chi connectivity index (χ1v) is 5.44. The number of hydrogen-bond donors (Lipinski definition) is 2. The van der Waals surface area contributed by atoms with Crippen LogP contribution in [0.4, 0.5) is 0 Å². The summed E-state index contributed by atoms with van der Waals surface area (Å²) in [5, 5.41) is 12.0. The zero-order valence-corrected chi connectivity index (χ0v) is 9.88. The lowest BCUT2D eigenvalue weighted by molar-refractivity contribution is 0.766. The number of pyridine rings is 1. The molecule has 3 N–H and O–H groups in total. The topological polar surface area (TPSA) is 80.6 Å². The predicted octanol–water partition coefficient (Wildman–Crippen LogP) is 1.67. The number of nitrogens with one attached hydrogen (secondary N) is 1. The number of aromatic nitrogens is 3. The summed E-state index contributed by atoms with van der Waals surface area (Å²) in [4.78, 5) is 4.05. The van der Waals surface area contributed by atoms with Crippen molar-refractivity contribution in [3.8, 4) is 5.69 Å². The van der Waals surface area contributed by atoms with Crippen LogP contribution >= 0.6 is 0 Å². The summed E-state index contributed by atoms with van der Waals surface area (Å²) in [6.07, 6.45) is 5.14. The third-order valence-electron chi connectivity index (χ3n) is 2.54. The van der Waals surface area contributed by atoms with E-state index in [1.165, 1.54) is 0 Å². The van der Waals surface area contributed by atoms with Gasteiger partial charge in [0.2, 0.25) is 0 Å². The fourth-order valence-corrected chi connectivity index (χ4v) is 1.58. The smallest absolute Gasteiger partial charge is 0.125 e. The molecule has 0 saturated carbocycles. The normalized spacial score (nSPS) is 10.8. The maximum absolute atomic E-state index is 7.53. The number of nitrogens with zero attached hydrogens (tertiary/aromatic N) is 3. The molecule has 0 atom stereocenters. The van der Waals surface area contributed by atoms with Crippen molar-refractivity contribution in [1.29, 1.82) is 5.41 Å². The van der Waals surface area contributed by atoms with Crippen LogP contribution in [-0.4, -0.2) is 20.6 Å². The summed E-state index contributed by atoms with van der Waals surface area (Å²) in [6.45, 7) is 4.17. The van der Waals surface area contributed by atoms with E-state index in [-0.39, 0.29) is 5.84 Å². The third kappa shape index (κ3) is 2.18. The molecule has 5 nitrogen and oxygen atoms in total. The monoisotopic (exact) mass is 229 g/mol. The van der Waals surface area contributed by atoms with Crippen LogP contribution in [0.15, 0.2) is 30.7 Å². The molecule has 0 radical (unpaired) electrons. The van der Waals surface area contributed by atoms with E-state index in [2.05, 4.69) is 23.9 Å². The Balaban J connectivity index is 2.49. The Bertz CT molecular complexity index is 541. The van der Waals surface area contributed by atoms with Crippen molar-refractivity contribution in [2.45, 2.75) is 19.8 Å². The van der Waals surface area contributed by atoms with Crippen LogP contribution < -0.4 is 5.73 Å². The van der Waals surface area contributed by atoms with E-state index in [0.717, 1.165) is 11.4 Å². The molecular formula is C12H15N5. The van der Waals surface area contributed by atoms with Gasteiger partial charge in [0.15, 0.2) is 0 Å². The van der Waals surface area contributed by atoms with E-state index >= 15 is 0 Å². The number of hydrogen-bond acceptors (Lipinski definition) is 3. The second-order valence-electron chi connectivity index (χ2n) is 4.15. The van der Waals surface area contributed by atoms with Crippen LogP contribution in [0, 0.1) is 5.41 Å². The fourth-order valence-electron chi connectivity index (χ4n) is 1.58. The quantitative estimate of drug-likeness (QED) is 0.620. The van der Waals surface area contributed by atoms with Crippen LogP contribution in [0.3, 0.4) is 0 Å². The molecule has 88 valence electrons. The first-order valence-electron chi connectivity index (χ1n) is 5.44. The molecule has 2 aromatic heterocycles. The lowest BCUT2D eigenvalue weighted by Crippen LogP contribution is -2.15. The minimum absolute atomic E-state index is 0.0176. The summed E-state index contributed by atoms with van der Waals surface area (Å²) in [7, 11) is 0. The highest BCUT2D eigenvalue weighted by atomic mass is 15.3. The molecule has 5 heteroatoms. The van der Waals surface area contributed by atoms with Crippen LogP contribution in [0.25, 0.3) is 5.69 Å². The van der Waals surface area contributed by atoms with Crippen molar-refractivity contribution in [3.05, 3.63) is 42.0 Å². The summed E-state index contributed by atoms with van der Waals surface area (Å²) >= 11 is 0. The lowest BCUT2D eigenvalue weighted by Gasteiger charge is -2.07. The molecule has 2 rings (SSSR count). The second-order valence-corrected chi connectivity index (χ2v) is 4.15. The minimum atomic E-state index is 0.0176. The van der Waals surface area contributed by atoms with Gasteiger partial charge < -0.3 is 5.73 Å². The number of nitrogen functional groups attached to an aromatic ring is 1. The predicted molar refractivity (Wildman–Crippen MR) is 66.5 cm³/mol. The highest BCUT2D eigenvalue weighted by Gasteiger charge is 2.10. The van der Waals surface area contributed by atoms with Gasteiger partial charge in [0, 0.05) is 18.0 Å². The summed E-state index contributed by atoms with van der Waals surface area (Å²) in [5.74, 6) is 0.387. The third-order valence-corrected chi connectivity index (χ3v) is 2.54. The zero-order chi connectivity index (χ0) is 12.4. The largest absolute Gasteiger partial charge is 0.384 e. The highest BCUT2D eigenvalue weighted by Crippen LogP contribution is 2.16. The first-order chi connectivity index (χ1) is 8.09. The second kappa shape index (κ2) is 4.37. The van der Waals surface area contributed by atoms with Gasteiger partial charge in [-0.3, -0.25) is 10.4 Å². The van der Waals surface area contributed by atoms with Crippen molar-refractivity contribution < 1.29 is 0 Å². The Morgan fingerprint density at radius 1 is 1.41 bits per heavy atom. The Morgan fingerprint density at radius 3 is 2.76 bits per heavy atom. The summed E-state index contributed by atoms with van der Waals surface area (Å²) in [6, 6.07) is 3.68. The van der Waals surface area contributed by atoms with Gasteiger partial charge in [-0.2, -0.15) is 5.10 Å². The molecule has 0 unspecified atom stereocenters. The minimum Gasteiger partial charge on any atom is -0.384 e. The van der Waals surface area contributed by atoms with Gasteiger partial charge >= 0.3 is 0 Å². The Hall–Kier alpha value is -2.17. The van der Waals surface area contributed by atoms with Crippen LogP contribution in [0.5, 0.6) is 0 Å². The van der Waals surface area contributed by atoms with Gasteiger partial charge in [0.05, 0.1) is 17.6 Å². The number of rotatable bonds is 3. The molecule has 0 aliphatic carbocycles. The molecule has 2 heterocycles. The van der Waals surface area contributed by atoms with E-state index in [4.69, 9.17) is 11.1 Å². The maximum Gasteiger partial charge on any atom is 0.125 e. The summed E-state index contributed by atoms with van der Waals surface area (Å²) < 4.78 is 1.71. The molecule has 17 heavy (non-hydrogen) atoms. The number of nitrogens with two attached hydrogens (primary N) is 1. The van der Waals surface area contributed by atoms with Gasteiger partial charge in [0.1, 0.15) is 5.84 Å². The van der Waals surface area contributed by atoms with Crippen LogP contribution in [-0.2, 0) is 0 Å². The van der Waals surface area contributed by atoms with E-state index in [9.17, 15) is 0 Å². The molecule has 0 bridgehead atoms. The Morgan fingerprint density at radius 2 is 2.18 bits per heavy atom. The van der Waals surface area contributed by atoms with Crippen LogP contribution in [0.2, 0.25) is 0 Å². The molecule has 0 aliphatic heterocycles. The van der Waals surface area contributed by atoms with Crippen molar-refractivity contribution in [2.75, 3.05) is 0 Å². The maximum atomic E-state index is 7.53. The van der Waals surface area contributed by atoms with Crippen molar-refractivity contribution in [1.82, 2.24) is 14.8 Å². The highest BCUT2D eigenvalue weighted by molar-refractivity contribution is 5.98. The molecule has 0 spiro atoms. The van der Waals surface area contributed by atoms with Gasteiger partial charge in [-0.15, -0.1) is 0 Å². The van der Waals surface area contributed by atoms with Crippen LogP contribution in [0.1, 0.15) is 31.0 Å². The molecule has 0 aliphatic rings. The number of amidine groups is 1. The van der Waals surface area contributed by atoms with Gasteiger partial charge in [-0.05, 0) is 18.1 Å². The molecule has 0 amide bonds. The van der Waals surface area contributed by atoms with E-state index in [1.54, 1.807) is 23.1 Å². The molecule has 0 aromatic carbocycles. The Labute approximate surface area is 99.8 Å². The SMILES string of the molecule is CC(C)c1ccn(-c2cnccc2C(=N)N)n1. The molecule has 0 saturated heterocycles. The van der Waals surface area contributed by atoms with Crippen molar-refractivity contribution >= 4 is 5.84 Å². The molecular weight excluding hydrogens is 214 g/mol. The van der Waals surface area contributed by atoms with Gasteiger partial charge in [-0.25, -0.2) is 4.68 Å². The molecule has 0 fully saturated rings. The zero-order valence-electron chi connectivity index (χ0n) is 9.88. The molecule has 2 aromatic rings. The van der Waals surface area contributed by atoms with E-state index < -0.39 is 0 Å². The average Bonchev–Trinajstić information content (AvgIpc) is 2.78. The fraction of sp³-hybridized carbons (Fsp3) is 0.250. The summed E-state index contributed by atoms with van der Waals surface area (Å²) in [5.41, 5.74) is 7.90.